The van der Waals surface area contributed by atoms with Gasteiger partial charge in [-0.15, -0.1) is 0 Å². The Morgan fingerprint density at radius 3 is 3.08 bits per heavy atom. The van der Waals surface area contributed by atoms with E-state index in [4.69, 9.17) is 4.74 Å². The third kappa shape index (κ3) is 3.01. The summed E-state index contributed by atoms with van der Waals surface area (Å²) in [5.41, 5.74) is 3.06. The first-order chi connectivity index (χ1) is 11.7. The molecule has 0 bridgehead atoms. The molecule has 2 N–H and O–H groups in total. The van der Waals surface area contributed by atoms with Crippen molar-refractivity contribution < 1.29 is 9.53 Å². The topological polar surface area (TPSA) is 68.2 Å². The minimum atomic E-state index is -0.389. The number of aryl methyl sites for hydroxylation is 1. The van der Waals surface area contributed by atoms with Crippen molar-refractivity contribution in [2.75, 3.05) is 13.2 Å². The van der Waals surface area contributed by atoms with E-state index in [0.717, 1.165) is 22.7 Å². The van der Waals surface area contributed by atoms with Gasteiger partial charge >= 0.3 is 0 Å². The second-order valence-electron chi connectivity index (χ2n) is 6.45. The molecule has 4 rings (SSSR count). The summed E-state index contributed by atoms with van der Waals surface area (Å²) in [6.07, 6.45) is 2.46. The molecule has 24 heavy (non-hydrogen) atoms. The number of carbonyl (C=O) groups is 1. The van der Waals surface area contributed by atoms with Crippen LogP contribution in [0.4, 0.5) is 0 Å². The zero-order valence-electron chi connectivity index (χ0n) is 13.8. The predicted molar refractivity (Wildman–Crippen MR) is 89.7 cm³/mol. The minimum Gasteiger partial charge on any atom is -0.492 e. The Morgan fingerprint density at radius 2 is 2.25 bits per heavy atom. The third-order valence-electron chi connectivity index (χ3n) is 4.64. The van der Waals surface area contributed by atoms with Crippen LogP contribution in [0.1, 0.15) is 41.8 Å². The van der Waals surface area contributed by atoms with Gasteiger partial charge in [0.15, 0.2) is 0 Å². The molecule has 6 nitrogen and oxygen atoms in total. The maximum atomic E-state index is 12.7. The van der Waals surface area contributed by atoms with E-state index in [-0.39, 0.29) is 11.9 Å². The van der Waals surface area contributed by atoms with Crippen LogP contribution >= 0.6 is 0 Å². The molecule has 6 heteroatoms. The molecule has 1 aromatic carbocycles. The summed E-state index contributed by atoms with van der Waals surface area (Å²) in [5, 5.41) is 10.8. The molecule has 2 heterocycles. The van der Waals surface area contributed by atoms with Crippen molar-refractivity contribution in [2.45, 2.75) is 31.3 Å². The van der Waals surface area contributed by atoms with Crippen LogP contribution in [0.15, 0.2) is 30.3 Å². The Labute approximate surface area is 141 Å². The summed E-state index contributed by atoms with van der Waals surface area (Å²) in [6.45, 7) is 1.69. The van der Waals surface area contributed by atoms with Crippen molar-refractivity contribution in [3.63, 3.8) is 0 Å². The number of amides is 1. The van der Waals surface area contributed by atoms with Crippen LogP contribution in [0.25, 0.3) is 0 Å². The molecule has 0 spiro atoms. The molecule has 2 aromatic rings. The van der Waals surface area contributed by atoms with Crippen molar-refractivity contribution in [3.8, 4) is 5.75 Å². The van der Waals surface area contributed by atoms with Crippen molar-refractivity contribution in [1.29, 1.82) is 0 Å². The second kappa shape index (κ2) is 6.28. The van der Waals surface area contributed by atoms with E-state index in [9.17, 15) is 4.79 Å². The Kier molecular flexibility index (Phi) is 3.98. The maximum absolute atomic E-state index is 12.7. The van der Waals surface area contributed by atoms with E-state index < -0.39 is 0 Å². The molecule has 2 aliphatic rings. The number of hydrogen-bond acceptors (Lipinski definition) is 4. The first-order valence-electron chi connectivity index (χ1n) is 8.48. The number of hydrogen-bond donors (Lipinski definition) is 2. The van der Waals surface area contributed by atoms with Gasteiger partial charge < -0.3 is 10.1 Å². The molecule has 1 aromatic heterocycles. The lowest BCUT2D eigenvalue weighted by atomic mass is 10.1. The van der Waals surface area contributed by atoms with Crippen molar-refractivity contribution in [2.24, 2.45) is 7.05 Å². The molecule has 0 radical (unpaired) electrons. The van der Waals surface area contributed by atoms with Crippen LogP contribution in [-0.4, -0.2) is 28.8 Å². The predicted octanol–water partition coefficient (Wildman–Crippen LogP) is 1.64. The SMILES string of the molecule is Cn1nc(C2CC2)cc1CNC(=O)C1NCCOc2ccccc21. The second-order valence-corrected chi connectivity index (χ2v) is 6.45. The number of ether oxygens (including phenoxy) is 1. The molecule has 1 aliphatic carbocycles. The first kappa shape index (κ1) is 15.2. The van der Waals surface area contributed by atoms with Gasteiger partial charge in [0.05, 0.1) is 17.9 Å². The Hall–Kier alpha value is -2.34. The third-order valence-corrected chi connectivity index (χ3v) is 4.64. The highest BCUT2D eigenvalue weighted by molar-refractivity contribution is 5.84. The van der Waals surface area contributed by atoms with Crippen LogP contribution in [0.3, 0.4) is 0 Å². The molecular weight excluding hydrogens is 304 g/mol. The van der Waals surface area contributed by atoms with Crippen LogP contribution in [-0.2, 0) is 18.4 Å². The van der Waals surface area contributed by atoms with E-state index in [1.54, 1.807) is 0 Å². The zero-order chi connectivity index (χ0) is 16.5. The Balaban J connectivity index is 1.46. The van der Waals surface area contributed by atoms with E-state index in [0.29, 0.717) is 25.6 Å². The summed E-state index contributed by atoms with van der Waals surface area (Å²) in [4.78, 5) is 12.7. The lowest BCUT2D eigenvalue weighted by Gasteiger charge is -2.17. The monoisotopic (exact) mass is 326 g/mol. The van der Waals surface area contributed by atoms with Crippen LogP contribution < -0.4 is 15.4 Å². The summed E-state index contributed by atoms with van der Waals surface area (Å²) < 4.78 is 7.56. The number of nitrogens with one attached hydrogen (secondary N) is 2. The fourth-order valence-corrected chi connectivity index (χ4v) is 3.11. The largest absolute Gasteiger partial charge is 0.492 e. The number of para-hydroxylation sites is 1. The van der Waals surface area contributed by atoms with Gasteiger partial charge in [0.25, 0.3) is 0 Å². The standard InChI is InChI=1S/C18H22N4O2/c1-22-13(10-15(21-22)12-6-7-12)11-20-18(23)17-14-4-2-3-5-16(14)24-9-8-19-17/h2-5,10,12,17,19H,6-9,11H2,1H3,(H,20,23). The minimum absolute atomic E-state index is 0.0397. The smallest absolute Gasteiger partial charge is 0.242 e. The van der Waals surface area contributed by atoms with Gasteiger partial charge in [0, 0.05) is 25.1 Å². The zero-order valence-corrected chi connectivity index (χ0v) is 13.8. The number of fused-ring (bicyclic) bond motifs is 1. The average Bonchev–Trinajstić information content (AvgIpc) is 3.39. The summed E-state index contributed by atoms with van der Waals surface area (Å²) in [5.74, 6) is 1.36. The quantitative estimate of drug-likeness (QED) is 0.896. The lowest BCUT2D eigenvalue weighted by molar-refractivity contribution is -0.123. The van der Waals surface area contributed by atoms with Crippen LogP contribution in [0.2, 0.25) is 0 Å². The molecule has 0 saturated heterocycles. The Morgan fingerprint density at radius 1 is 1.42 bits per heavy atom. The Bertz CT molecular complexity index is 751. The fourth-order valence-electron chi connectivity index (χ4n) is 3.11. The van der Waals surface area contributed by atoms with Crippen molar-refractivity contribution >= 4 is 5.91 Å². The van der Waals surface area contributed by atoms with Gasteiger partial charge in [-0.3, -0.25) is 14.8 Å². The number of carbonyl (C=O) groups excluding carboxylic acids is 1. The number of rotatable bonds is 4. The fraction of sp³-hybridized carbons (Fsp3) is 0.444. The first-order valence-corrected chi connectivity index (χ1v) is 8.48. The van der Waals surface area contributed by atoms with Gasteiger partial charge in [-0.2, -0.15) is 5.10 Å². The highest BCUT2D eigenvalue weighted by atomic mass is 16.5. The molecule has 1 amide bonds. The van der Waals surface area contributed by atoms with Crippen LogP contribution in [0, 0.1) is 0 Å². The molecular formula is C18H22N4O2. The van der Waals surface area contributed by atoms with Crippen LogP contribution in [0.5, 0.6) is 5.75 Å². The van der Waals surface area contributed by atoms with E-state index in [1.165, 1.54) is 12.8 Å². The molecule has 1 atom stereocenters. The van der Waals surface area contributed by atoms with Gasteiger partial charge in [-0.1, -0.05) is 18.2 Å². The highest BCUT2D eigenvalue weighted by Gasteiger charge is 2.28. The molecule has 126 valence electrons. The molecule has 1 aliphatic heterocycles. The van der Waals surface area contributed by atoms with E-state index >= 15 is 0 Å². The summed E-state index contributed by atoms with van der Waals surface area (Å²) in [7, 11) is 1.93. The summed E-state index contributed by atoms with van der Waals surface area (Å²) >= 11 is 0. The van der Waals surface area contributed by atoms with Crippen molar-refractivity contribution in [1.82, 2.24) is 20.4 Å². The number of benzene rings is 1. The number of aromatic nitrogens is 2. The van der Waals surface area contributed by atoms with E-state index in [1.807, 2.05) is 36.0 Å². The summed E-state index contributed by atoms with van der Waals surface area (Å²) in [6, 6.07) is 9.42. The molecule has 1 unspecified atom stereocenters. The van der Waals surface area contributed by atoms with Gasteiger partial charge in [-0.05, 0) is 25.0 Å². The normalized spacial score (nSPS) is 20.0. The molecule has 1 fully saturated rings. The van der Waals surface area contributed by atoms with Crippen molar-refractivity contribution in [3.05, 3.63) is 47.3 Å². The van der Waals surface area contributed by atoms with Gasteiger partial charge in [0.1, 0.15) is 18.4 Å². The highest BCUT2D eigenvalue weighted by Crippen LogP contribution is 2.39. The lowest BCUT2D eigenvalue weighted by Crippen LogP contribution is -2.37. The van der Waals surface area contributed by atoms with Gasteiger partial charge in [0.2, 0.25) is 5.91 Å². The molecule has 1 saturated carbocycles. The van der Waals surface area contributed by atoms with Gasteiger partial charge in [-0.25, -0.2) is 0 Å². The maximum Gasteiger partial charge on any atom is 0.242 e. The van der Waals surface area contributed by atoms with E-state index in [2.05, 4.69) is 21.8 Å². The average molecular weight is 326 g/mol. The number of nitrogens with zero attached hydrogens (tertiary/aromatic N) is 2.